The first-order valence-corrected chi connectivity index (χ1v) is 7.23. The SMILES string of the molecule is Cl.OCC[C@@H](c1cc(Cl)cc(C(F)(F)F)c1)N1CCNCC1. The third kappa shape index (κ3) is 4.99. The summed E-state index contributed by atoms with van der Waals surface area (Å²) < 4.78 is 38.7. The summed E-state index contributed by atoms with van der Waals surface area (Å²) in [4.78, 5) is 2.08. The van der Waals surface area contributed by atoms with Crippen LogP contribution in [0.25, 0.3) is 0 Å². The van der Waals surface area contributed by atoms with Crippen LogP contribution in [0.2, 0.25) is 5.02 Å². The summed E-state index contributed by atoms with van der Waals surface area (Å²) in [5.74, 6) is 0. The largest absolute Gasteiger partial charge is 0.416 e. The minimum Gasteiger partial charge on any atom is -0.396 e. The Labute approximate surface area is 138 Å². The number of aliphatic hydroxyl groups is 1. The van der Waals surface area contributed by atoms with Crippen LogP contribution in [0.5, 0.6) is 0 Å². The monoisotopic (exact) mass is 358 g/mol. The van der Waals surface area contributed by atoms with Gasteiger partial charge in [0, 0.05) is 43.9 Å². The number of aliphatic hydroxyl groups excluding tert-OH is 1. The number of rotatable bonds is 4. The molecule has 1 aliphatic heterocycles. The Balaban J connectivity index is 0.00000242. The van der Waals surface area contributed by atoms with Crippen LogP contribution in [0.1, 0.15) is 23.6 Å². The molecule has 1 saturated heterocycles. The zero-order valence-corrected chi connectivity index (χ0v) is 13.4. The Kier molecular flexibility index (Phi) is 7.41. The van der Waals surface area contributed by atoms with E-state index in [0.717, 1.165) is 38.3 Å². The van der Waals surface area contributed by atoms with Crippen molar-refractivity contribution in [2.75, 3.05) is 32.8 Å². The van der Waals surface area contributed by atoms with Crippen LogP contribution in [0.15, 0.2) is 18.2 Å². The molecule has 0 saturated carbocycles. The highest BCUT2D eigenvalue weighted by molar-refractivity contribution is 6.30. The molecule has 1 heterocycles. The minimum atomic E-state index is -4.42. The summed E-state index contributed by atoms with van der Waals surface area (Å²) in [6, 6.07) is 3.36. The van der Waals surface area contributed by atoms with Gasteiger partial charge in [0.05, 0.1) is 5.56 Å². The van der Waals surface area contributed by atoms with Gasteiger partial charge in [-0.1, -0.05) is 11.6 Å². The molecular formula is C14H19Cl2F3N2O. The van der Waals surface area contributed by atoms with Gasteiger partial charge >= 0.3 is 6.18 Å². The second-order valence-electron chi connectivity index (χ2n) is 5.09. The fourth-order valence-electron chi connectivity index (χ4n) is 2.64. The molecule has 22 heavy (non-hydrogen) atoms. The predicted molar refractivity (Wildman–Crippen MR) is 82.6 cm³/mol. The smallest absolute Gasteiger partial charge is 0.396 e. The van der Waals surface area contributed by atoms with Crippen LogP contribution in [0.4, 0.5) is 13.2 Å². The molecule has 1 aliphatic rings. The zero-order chi connectivity index (χ0) is 15.5. The average Bonchev–Trinajstić information content (AvgIpc) is 2.44. The lowest BCUT2D eigenvalue weighted by atomic mass is 9.99. The number of benzene rings is 1. The van der Waals surface area contributed by atoms with Gasteiger partial charge in [-0.3, -0.25) is 4.90 Å². The molecule has 1 atom stereocenters. The van der Waals surface area contributed by atoms with Crippen molar-refractivity contribution in [3.8, 4) is 0 Å². The van der Waals surface area contributed by atoms with Gasteiger partial charge in [0.15, 0.2) is 0 Å². The Bertz CT molecular complexity index is 480. The van der Waals surface area contributed by atoms with Crippen molar-refractivity contribution in [1.29, 1.82) is 0 Å². The third-order valence-electron chi connectivity index (χ3n) is 3.63. The van der Waals surface area contributed by atoms with Gasteiger partial charge < -0.3 is 10.4 Å². The maximum atomic E-state index is 12.9. The highest BCUT2D eigenvalue weighted by Crippen LogP contribution is 2.35. The van der Waals surface area contributed by atoms with Gasteiger partial charge in [-0.05, 0) is 30.2 Å². The summed E-state index contributed by atoms with van der Waals surface area (Å²) in [5, 5.41) is 12.5. The summed E-state index contributed by atoms with van der Waals surface area (Å²) in [7, 11) is 0. The Hall–Kier alpha value is -0.530. The lowest BCUT2D eigenvalue weighted by Crippen LogP contribution is -2.45. The van der Waals surface area contributed by atoms with Crippen molar-refractivity contribution in [3.05, 3.63) is 34.3 Å². The number of piperazine rings is 1. The highest BCUT2D eigenvalue weighted by atomic mass is 35.5. The second kappa shape index (κ2) is 8.36. The molecule has 1 aromatic rings. The molecule has 0 bridgehead atoms. The molecule has 0 unspecified atom stereocenters. The number of alkyl halides is 3. The van der Waals surface area contributed by atoms with Crippen molar-refractivity contribution < 1.29 is 18.3 Å². The topological polar surface area (TPSA) is 35.5 Å². The number of hydrogen-bond acceptors (Lipinski definition) is 3. The normalized spacial score (nSPS) is 17.9. The van der Waals surface area contributed by atoms with E-state index in [-0.39, 0.29) is 30.1 Å². The first-order chi connectivity index (χ1) is 9.91. The van der Waals surface area contributed by atoms with Gasteiger partial charge in [-0.15, -0.1) is 12.4 Å². The summed E-state index contributed by atoms with van der Waals surface area (Å²) in [6.45, 7) is 2.96. The molecule has 0 aliphatic carbocycles. The molecule has 8 heteroatoms. The standard InChI is InChI=1S/C14H18ClF3N2O.ClH/c15-12-8-10(7-11(9-12)14(16,17)18)13(1-6-21)20-4-2-19-3-5-20;/h7-9,13,19,21H,1-6H2;1H/t13-;/m0./s1. The zero-order valence-electron chi connectivity index (χ0n) is 11.9. The van der Waals surface area contributed by atoms with Crippen LogP contribution in [-0.2, 0) is 6.18 Å². The molecule has 0 spiro atoms. The molecule has 1 aromatic carbocycles. The van der Waals surface area contributed by atoms with Crippen LogP contribution < -0.4 is 5.32 Å². The van der Waals surface area contributed by atoms with Crippen molar-refractivity contribution in [3.63, 3.8) is 0 Å². The Morgan fingerprint density at radius 2 is 1.86 bits per heavy atom. The van der Waals surface area contributed by atoms with Crippen molar-refractivity contribution >= 4 is 24.0 Å². The number of nitrogens with zero attached hydrogens (tertiary/aromatic N) is 1. The summed E-state index contributed by atoms with van der Waals surface area (Å²) >= 11 is 5.85. The molecule has 0 aromatic heterocycles. The Morgan fingerprint density at radius 1 is 1.23 bits per heavy atom. The maximum Gasteiger partial charge on any atom is 0.416 e. The quantitative estimate of drug-likeness (QED) is 0.867. The predicted octanol–water partition coefficient (Wildman–Crippen LogP) is 3.11. The molecular weight excluding hydrogens is 340 g/mol. The average molecular weight is 359 g/mol. The molecule has 1 fully saturated rings. The van der Waals surface area contributed by atoms with Gasteiger partial charge in [-0.25, -0.2) is 0 Å². The van der Waals surface area contributed by atoms with Gasteiger partial charge in [0.25, 0.3) is 0 Å². The first-order valence-electron chi connectivity index (χ1n) is 6.85. The van der Waals surface area contributed by atoms with Crippen molar-refractivity contribution in [2.24, 2.45) is 0 Å². The maximum absolute atomic E-state index is 12.9. The van der Waals surface area contributed by atoms with E-state index >= 15 is 0 Å². The minimum absolute atomic E-state index is 0. The van der Waals surface area contributed by atoms with E-state index in [1.165, 1.54) is 0 Å². The van der Waals surface area contributed by atoms with Gasteiger partial charge in [0.1, 0.15) is 0 Å². The van der Waals surface area contributed by atoms with E-state index in [1.54, 1.807) is 6.07 Å². The molecule has 0 radical (unpaired) electrons. The fourth-order valence-corrected chi connectivity index (χ4v) is 2.89. The van der Waals surface area contributed by atoms with E-state index in [9.17, 15) is 18.3 Å². The van der Waals surface area contributed by atoms with Crippen LogP contribution >= 0.6 is 24.0 Å². The van der Waals surface area contributed by atoms with Gasteiger partial charge in [0.2, 0.25) is 0 Å². The molecule has 2 rings (SSSR count). The Morgan fingerprint density at radius 3 is 2.41 bits per heavy atom. The molecule has 126 valence electrons. The van der Waals surface area contributed by atoms with Crippen LogP contribution in [0, 0.1) is 0 Å². The molecule has 3 nitrogen and oxygen atoms in total. The highest BCUT2D eigenvalue weighted by Gasteiger charge is 2.32. The summed E-state index contributed by atoms with van der Waals surface area (Å²) in [5.41, 5.74) is -0.242. The van der Waals surface area contributed by atoms with E-state index in [2.05, 4.69) is 10.2 Å². The van der Waals surface area contributed by atoms with E-state index < -0.39 is 11.7 Å². The summed E-state index contributed by atoms with van der Waals surface area (Å²) in [6.07, 6.45) is -4.04. The molecule has 0 amide bonds. The van der Waals surface area contributed by atoms with E-state index in [1.807, 2.05) is 0 Å². The fraction of sp³-hybridized carbons (Fsp3) is 0.571. The van der Waals surface area contributed by atoms with E-state index in [0.29, 0.717) is 12.0 Å². The lowest BCUT2D eigenvalue weighted by Gasteiger charge is -2.35. The van der Waals surface area contributed by atoms with Crippen LogP contribution in [0.3, 0.4) is 0 Å². The number of halogens is 5. The van der Waals surface area contributed by atoms with Gasteiger partial charge in [-0.2, -0.15) is 13.2 Å². The van der Waals surface area contributed by atoms with Crippen molar-refractivity contribution in [1.82, 2.24) is 10.2 Å². The lowest BCUT2D eigenvalue weighted by molar-refractivity contribution is -0.137. The first kappa shape index (κ1) is 19.5. The van der Waals surface area contributed by atoms with E-state index in [4.69, 9.17) is 11.6 Å². The van der Waals surface area contributed by atoms with Crippen LogP contribution in [-0.4, -0.2) is 42.8 Å². The van der Waals surface area contributed by atoms with Crippen molar-refractivity contribution in [2.45, 2.75) is 18.6 Å². The third-order valence-corrected chi connectivity index (χ3v) is 3.85. The number of nitrogens with one attached hydrogen (secondary N) is 1. The number of hydrogen-bond donors (Lipinski definition) is 2. The molecule has 2 N–H and O–H groups in total. The second-order valence-corrected chi connectivity index (χ2v) is 5.52.